The number of carbonyl (C=O) groups is 5. The van der Waals surface area contributed by atoms with Crippen molar-refractivity contribution in [3.8, 4) is 11.4 Å². The number of nitrogens with zero attached hydrogens (tertiary/aromatic N) is 11. The molecule has 466 valence electrons. The highest BCUT2D eigenvalue weighted by Gasteiger charge is 2.46. The Balaban J connectivity index is 0.837. The highest BCUT2D eigenvalue weighted by Crippen LogP contribution is 2.38. The minimum Gasteiger partial charge on any atom is -0.492 e. The van der Waals surface area contributed by atoms with Crippen LogP contribution in [0.2, 0.25) is 0 Å². The molecule has 9 rings (SSSR count). The van der Waals surface area contributed by atoms with Crippen molar-refractivity contribution < 1.29 is 41.9 Å². The molecule has 6 aromatic rings. The van der Waals surface area contributed by atoms with E-state index >= 15 is 4.79 Å². The summed E-state index contributed by atoms with van der Waals surface area (Å²) in [6, 6.07) is 10.5. The Kier molecular flexibility index (Phi) is 19.2. The Hall–Kier alpha value is -8.26. The Morgan fingerprint density at radius 1 is 0.874 bits per heavy atom. The zero-order chi connectivity index (χ0) is 62.5. The third-order valence-electron chi connectivity index (χ3n) is 16.4. The maximum atomic E-state index is 15.2. The number of likely N-dealkylation sites (N-methyl/N-ethyl adjacent to an activating group) is 1. The number of carbonyl (C=O) groups excluding carboxylic acids is 5. The number of likely N-dealkylation sites (tertiary alicyclic amines) is 1. The summed E-state index contributed by atoms with van der Waals surface area (Å²) in [5.41, 5.74) is 3.08. The number of aromatic amines is 1. The quantitative estimate of drug-likeness (QED) is 0.0520. The fourth-order valence-electron chi connectivity index (χ4n) is 11.0. The van der Waals surface area contributed by atoms with Crippen molar-refractivity contribution in [3.63, 3.8) is 0 Å². The van der Waals surface area contributed by atoms with Gasteiger partial charge in [-0.1, -0.05) is 37.5 Å². The lowest BCUT2D eigenvalue weighted by atomic mass is 9.83. The number of ether oxygens (including phenoxy) is 2. The number of piperazine rings is 1. The molecule has 2 aromatic carbocycles. The normalized spacial score (nSPS) is 17.8. The predicted molar refractivity (Wildman–Crippen MR) is 329 cm³/mol. The van der Waals surface area contributed by atoms with Crippen molar-refractivity contribution in [2.24, 2.45) is 5.92 Å². The first kappa shape index (κ1) is 63.2. The SMILES string of the molecule is Cc1cc(NC(=O)[C@@H]2C[C@H](NC(=O)c3cnc(N4CCN(CCCOc5cc6ncnc(Nc7n[nH]c(C)c7C)c6cc5S(=O)(=O)C(C)(C)C)CC4)nc3)CN2C(=O)[C@@H](NC(=O)[C@H](C)N(C)C(=O)OC(C)(C)C)C2CCCCC2)n(-c2ccccc2)n1. The second-order valence-corrected chi connectivity index (χ2v) is 27.5. The van der Waals surface area contributed by atoms with E-state index < -0.39 is 74.1 Å². The fourth-order valence-corrected chi connectivity index (χ4v) is 12.3. The van der Waals surface area contributed by atoms with Crippen LogP contribution in [0.5, 0.6) is 5.75 Å². The number of nitrogens with one attached hydrogen (secondary N) is 5. The smallest absolute Gasteiger partial charge is 0.410 e. The number of hydrogen-bond donors (Lipinski definition) is 5. The molecule has 87 heavy (non-hydrogen) atoms. The number of fused-ring (bicyclic) bond motifs is 1. The maximum absolute atomic E-state index is 15.2. The van der Waals surface area contributed by atoms with Gasteiger partial charge in [0.2, 0.25) is 23.7 Å². The molecule has 4 atom stereocenters. The summed E-state index contributed by atoms with van der Waals surface area (Å²) in [7, 11) is -2.40. The van der Waals surface area contributed by atoms with Crippen molar-refractivity contribution in [1.29, 1.82) is 0 Å². The number of rotatable bonds is 19. The zero-order valence-corrected chi connectivity index (χ0v) is 52.5. The molecular weight excluding hydrogens is 1130 g/mol. The lowest BCUT2D eigenvalue weighted by molar-refractivity contribution is -0.142. The molecule has 2 aliphatic heterocycles. The first-order valence-corrected chi connectivity index (χ1v) is 31.3. The molecule has 0 bridgehead atoms. The van der Waals surface area contributed by atoms with E-state index in [-0.39, 0.29) is 41.7 Å². The van der Waals surface area contributed by atoms with Gasteiger partial charge in [0.05, 0.1) is 33.8 Å². The molecule has 3 fully saturated rings. The molecule has 1 aliphatic carbocycles. The summed E-state index contributed by atoms with van der Waals surface area (Å²) in [5.74, 6) is -0.177. The molecule has 3 aliphatic rings. The minimum atomic E-state index is -3.87. The standard InChI is InChI=1S/C61H82N16O9S/c1-37-29-50(77(72-37)44-21-16-13-17-22-44)67-56(80)47-30-43(35-76(47)57(81)51(41-19-14-12-15-20-41)68-54(78)40(4)73(11)59(82)86-60(5,6)7)66-55(79)42-33-62-58(63-34-42)75-26-24-74(25-27-75)23-18-28-85-48-32-46-45(31-49(48)87(83,84)61(8,9)10)53(65-36-64-46)69-52-38(2)39(3)70-71-52/h13,16-17,21-22,29,31-34,36,40-41,43,47,51H,12,14-15,18-20,23-28,30,35H2,1-11H3,(H,66,79)(H,67,80)(H,68,78)(H2,64,65,69,70,71)/t40-,43-,47-,51-/m0/s1. The van der Waals surface area contributed by atoms with Gasteiger partial charge < -0.3 is 40.5 Å². The molecule has 4 aromatic heterocycles. The van der Waals surface area contributed by atoms with E-state index in [0.29, 0.717) is 97.7 Å². The van der Waals surface area contributed by atoms with Gasteiger partial charge in [-0.3, -0.25) is 34.1 Å². The molecule has 5 amide bonds. The fraction of sp³-hybridized carbons (Fsp3) is 0.525. The Morgan fingerprint density at radius 2 is 1.57 bits per heavy atom. The second-order valence-electron chi connectivity index (χ2n) is 24.9. The highest BCUT2D eigenvalue weighted by molar-refractivity contribution is 7.92. The van der Waals surface area contributed by atoms with E-state index in [1.54, 1.807) is 71.3 Å². The monoisotopic (exact) mass is 1210 g/mol. The van der Waals surface area contributed by atoms with Crippen LogP contribution in [0.3, 0.4) is 0 Å². The van der Waals surface area contributed by atoms with Crippen LogP contribution in [0.4, 0.5) is 28.2 Å². The van der Waals surface area contributed by atoms with E-state index in [0.717, 1.165) is 30.5 Å². The third kappa shape index (κ3) is 14.8. The number of amides is 5. The number of aromatic nitrogens is 8. The minimum absolute atomic E-state index is 0.0353. The number of benzene rings is 2. The Bertz CT molecular complexity index is 3570. The molecule has 0 spiro atoms. The molecule has 1 saturated carbocycles. The third-order valence-corrected chi connectivity index (χ3v) is 18.9. The summed E-state index contributed by atoms with van der Waals surface area (Å²) >= 11 is 0. The van der Waals surface area contributed by atoms with Crippen LogP contribution in [-0.4, -0.2) is 180 Å². The largest absolute Gasteiger partial charge is 0.492 e. The lowest BCUT2D eigenvalue weighted by Gasteiger charge is -2.36. The predicted octanol–water partition coefficient (Wildman–Crippen LogP) is 6.82. The summed E-state index contributed by atoms with van der Waals surface area (Å²) in [6.07, 6.45) is 8.36. The number of aryl methyl sites for hydroxylation is 2. The summed E-state index contributed by atoms with van der Waals surface area (Å²) in [5, 5.41) is 24.7. The van der Waals surface area contributed by atoms with Crippen molar-refractivity contribution >= 4 is 73.9 Å². The van der Waals surface area contributed by atoms with Gasteiger partial charge in [-0.05, 0) is 119 Å². The van der Waals surface area contributed by atoms with Crippen LogP contribution in [0, 0.1) is 26.7 Å². The molecule has 0 radical (unpaired) electrons. The molecule has 2 saturated heterocycles. The molecule has 25 nitrogen and oxygen atoms in total. The van der Waals surface area contributed by atoms with E-state index in [9.17, 15) is 27.6 Å². The molecule has 26 heteroatoms. The van der Waals surface area contributed by atoms with Crippen LogP contribution in [0.15, 0.2) is 72.1 Å². The number of hydrogen-bond acceptors (Lipinski definition) is 18. The topological polar surface area (TPSA) is 297 Å². The van der Waals surface area contributed by atoms with Gasteiger partial charge in [-0.25, -0.2) is 37.8 Å². The Morgan fingerprint density at radius 3 is 2.23 bits per heavy atom. The van der Waals surface area contributed by atoms with Crippen molar-refractivity contribution in [3.05, 3.63) is 89.8 Å². The first-order chi connectivity index (χ1) is 41.3. The van der Waals surface area contributed by atoms with Crippen LogP contribution in [0.1, 0.15) is 121 Å². The van der Waals surface area contributed by atoms with E-state index in [1.165, 1.54) is 35.6 Å². The number of anilines is 4. The lowest BCUT2D eigenvalue weighted by Crippen LogP contribution is -2.58. The van der Waals surface area contributed by atoms with Crippen LogP contribution >= 0.6 is 0 Å². The second kappa shape index (κ2) is 26.4. The van der Waals surface area contributed by atoms with Crippen molar-refractivity contribution in [1.82, 2.24) is 65.2 Å². The van der Waals surface area contributed by atoms with Gasteiger partial charge >= 0.3 is 6.09 Å². The number of H-pyrrole nitrogens is 1. The highest BCUT2D eigenvalue weighted by atomic mass is 32.2. The van der Waals surface area contributed by atoms with Crippen LogP contribution in [-0.2, 0) is 29.0 Å². The summed E-state index contributed by atoms with van der Waals surface area (Å²) in [6.45, 7) is 20.9. The van der Waals surface area contributed by atoms with Crippen molar-refractivity contribution in [2.45, 2.75) is 154 Å². The van der Waals surface area contributed by atoms with Crippen molar-refractivity contribution in [2.75, 3.05) is 68.5 Å². The summed E-state index contributed by atoms with van der Waals surface area (Å²) < 4.78 is 40.4. The number of para-hydroxylation sites is 1. The zero-order valence-electron chi connectivity index (χ0n) is 51.6. The van der Waals surface area contributed by atoms with E-state index in [4.69, 9.17) is 9.47 Å². The van der Waals surface area contributed by atoms with Gasteiger partial charge in [0.15, 0.2) is 15.7 Å². The molecule has 5 N–H and O–H groups in total. The molecule has 0 unspecified atom stereocenters. The average Bonchev–Trinajstić information content (AvgIpc) is 1.24. The van der Waals surface area contributed by atoms with Crippen LogP contribution in [0.25, 0.3) is 16.6 Å². The Labute approximate surface area is 508 Å². The average molecular weight is 1220 g/mol. The molecule has 6 heterocycles. The van der Waals surface area contributed by atoms with Gasteiger partial charge in [0, 0.05) is 93.5 Å². The summed E-state index contributed by atoms with van der Waals surface area (Å²) in [4.78, 5) is 96.2. The van der Waals surface area contributed by atoms with E-state index in [2.05, 4.69) is 61.4 Å². The van der Waals surface area contributed by atoms with Gasteiger partial charge in [-0.2, -0.15) is 10.2 Å². The van der Waals surface area contributed by atoms with Crippen LogP contribution < -0.4 is 30.9 Å². The number of sulfone groups is 1. The maximum Gasteiger partial charge on any atom is 0.410 e. The van der Waals surface area contributed by atoms with Gasteiger partial charge in [-0.15, -0.1) is 0 Å². The van der Waals surface area contributed by atoms with E-state index in [1.807, 2.05) is 56.0 Å². The molecular formula is C61H82N16O9S. The van der Waals surface area contributed by atoms with Gasteiger partial charge in [0.25, 0.3) is 5.91 Å². The first-order valence-electron chi connectivity index (χ1n) is 29.8. The van der Waals surface area contributed by atoms with Gasteiger partial charge in [0.1, 0.15) is 52.3 Å².